The van der Waals surface area contributed by atoms with Crippen LogP contribution in [0.1, 0.15) is 23.2 Å². The SMILES string of the molecule is O=C1c2ccccc2S(O)(O)N1CCCCOS(=O)(=O)O.[KH]. The van der Waals surface area contributed by atoms with Crippen LogP contribution in [0.25, 0.3) is 0 Å². The molecule has 0 aromatic heterocycles. The van der Waals surface area contributed by atoms with Crippen molar-refractivity contribution >= 4 is 78.5 Å². The van der Waals surface area contributed by atoms with Crippen molar-refractivity contribution in [2.45, 2.75) is 17.7 Å². The first-order valence-electron chi connectivity index (χ1n) is 6.04. The Morgan fingerprint density at radius 2 is 1.82 bits per heavy atom. The van der Waals surface area contributed by atoms with Gasteiger partial charge in [0.1, 0.15) is 0 Å². The van der Waals surface area contributed by atoms with E-state index in [1.54, 1.807) is 12.1 Å². The third-order valence-electron chi connectivity index (χ3n) is 2.93. The van der Waals surface area contributed by atoms with Crippen LogP contribution in [-0.2, 0) is 14.6 Å². The Hall–Kier alpha value is 0.466. The molecular formula is C11H16KNO7S2. The molecule has 1 amide bonds. The summed E-state index contributed by atoms with van der Waals surface area (Å²) in [5.74, 6) is -0.471. The Balaban J connectivity index is 0.00000242. The van der Waals surface area contributed by atoms with Gasteiger partial charge in [-0.15, -0.1) is 0 Å². The molecule has 8 nitrogen and oxygen atoms in total. The first-order valence-corrected chi connectivity index (χ1v) is 8.91. The van der Waals surface area contributed by atoms with Gasteiger partial charge in [-0.2, -0.15) is 8.42 Å². The van der Waals surface area contributed by atoms with Gasteiger partial charge >= 0.3 is 61.8 Å². The van der Waals surface area contributed by atoms with Gasteiger partial charge in [-0.25, -0.2) is 8.49 Å². The third-order valence-corrected chi connectivity index (χ3v) is 5.31. The van der Waals surface area contributed by atoms with Gasteiger partial charge in [0.15, 0.2) is 0 Å². The van der Waals surface area contributed by atoms with E-state index in [4.69, 9.17) is 4.55 Å². The molecule has 1 aliphatic rings. The number of amides is 1. The number of rotatable bonds is 6. The van der Waals surface area contributed by atoms with Crippen molar-refractivity contribution in [3.8, 4) is 0 Å². The number of hydrogen-bond donors (Lipinski definition) is 3. The van der Waals surface area contributed by atoms with Crippen molar-refractivity contribution in [1.29, 1.82) is 0 Å². The van der Waals surface area contributed by atoms with Crippen LogP contribution in [0, 0.1) is 0 Å². The second-order valence-electron chi connectivity index (χ2n) is 4.38. The van der Waals surface area contributed by atoms with E-state index < -0.39 is 27.1 Å². The average Bonchev–Trinajstić information content (AvgIpc) is 2.58. The molecule has 1 heterocycles. The van der Waals surface area contributed by atoms with E-state index in [0.717, 1.165) is 4.31 Å². The standard InChI is InChI=1S/C11H15NO7S2.K.H/c13-11-9-5-1-2-6-10(9)20(14,15)12(11)7-3-4-8-19-21(16,17)18;;/h1-2,5-6,14-15H,3-4,7-8H2,(H,16,17,18);;. The quantitative estimate of drug-likeness (QED) is 0.385. The van der Waals surface area contributed by atoms with Gasteiger partial charge in [-0.05, 0) is 25.0 Å². The molecule has 0 atom stereocenters. The molecule has 0 radical (unpaired) electrons. The molecule has 2 rings (SSSR count). The van der Waals surface area contributed by atoms with Crippen LogP contribution in [0.3, 0.4) is 0 Å². The van der Waals surface area contributed by atoms with Crippen molar-refractivity contribution in [3.63, 3.8) is 0 Å². The molecule has 0 saturated carbocycles. The zero-order chi connectivity index (χ0) is 15.7. The van der Waals surface area contributed by atoms with Gasteiger partial charge in [0.05, 0.1) is 17.1 Å². The Morgan fingerprint density at radius 1 is 1.18 bits per heavy atom. The second kappa shape index (κ2) is 8.03. The first-order chi connectivity index (χ1) is 9.73. The predicted octanol–water partition coefficient (Wildman–Crippen LogP) is 1.12. The fraction of sp³-hybridized carbons (Fsp3) is 0.364. The summed E-state index contributed by atoms with van der Waals surface area (Å²) in [6.07, 6.45) is 0.528. The van der Waals surface area contributed by atoms with E-state index in [1.165, 1.54) is 12.1 Å². The number of carbonyl (C=O) groups is 1. The van der Waals surface area contributed by atoms with E-state index in [-0.39, 0.29) is 81.4 Å². The minimum absolute atomic E-state index is 0. The van der Waals surface area contributed by atoms with Crippen LogP contribution in [0.2, 0.25) is 0 Å². The van der Waals surface area contributed by atoms with Crippen molar-refractivity contribution in [1.82, 2.24) is 4.31 Å². The molecule has 1 aromatic carbocycles. The van der Waals surface area contributed by atoms with Crippen LogP contribution >= 0.6 is 10.8 Å². The first kappa shape index (κ1) is 20.5. The van der Waals surface area contributed by atoms with Gasteiger partial charge < -0.3 is 0 Å². The van der Waals surface area contributed by atoms with Gasteiger partial charge in [0.2, 0.25) is 0 Å². The van der Waals surface area contributed by atoms with Crippen LogP contribution < -0.4 is 0 Å². The second-order valence-corrected chi connectivity index (χ2v) is 7.39. The summed E-state index contributed by atoms with van der Waals surface area (Å²) in [4.78, 5) is 12.3. The maximum atomic E-state index is 12.1. The van der Waals surface area contributed by atoms with E-state index in [1.807, 2.05) is 0 Å². The maximum absolute atomic E-state index is 12.1. The number of unbranched alkanes of at least 4 members (excludes halogenated alkanes) is 1. The summed E-state index contributed by atoms with van der Waals surface area (Å²) in [7, 11) is -7.81. The minimum atomic E-state index is -4.48. The Bertz CT molecular complexity index is 650. The molecule has 0 bridgehead atoms. The Labute approximate surface area is 172 Å². The third kappa shape index (κ3) is 4.74. The molecule has 0 aliphatic carbocycles. The van der Waals surface area contributed by atoms with Crippen LogP contribution in [0.5, 0.6) is 0 Å². The molecule has 120 valence electrons. The van der Waals surface area contributed by atoms with Crippen LogP contribution in [0.15, 0.2) is 29.2 Å². The zero-order valence-electron chi connectivity index (χ0n) is 10.9. The van der Waals surface area contributed by atoms with Crippen molar-refractivity contribution in [2.24, 2.45) is 0 Å². The summed E-state index contributed by atoms with van der Waals surface area (Å²) in [5, 5.41) is 0. The van der Waals surface area contributed by atoms with Crippen molar-refractivity contribution in [3.05, 3.63) is 29.8 Å². The van der Waals surface area contributed by atoms with E-state index in [0.29, 0.717) is 6.42 Å². The van der Waals surface area contributed by atoms with Gasteiger partial charge in [-0.3, -0.25) is 18.5 Å². The monoisotopic (exact) mass is 377 g/mol. The molecule has 0 spiro atoms. The molecule has 0 saturated heterocycles. The van der Waals surface area contributed by atoms with Gasteiger partial charge in [-0.1, -0.05) is 22.9 Å². The predicted molar refractivity (Wildman–Crippen MR) is 82.5 cm³/mol. The summed E-state index contributed by atoms with van der Waals surface area (Å²) >= 11 is 0. The van der Waals surface area contributed by atoms with Crippen molar-refractivity contribution < 1.29 is 31.1 Å². The van der Waals surface area contributed by atoms with Crippen LogP contribution in [0.4, 0.5) is 0 Å². The number of fused-ring (bicyclic) bond motifs is 1. The molecule has 1 aliphatic heterocycles. The molecule has 3 N–H and O–H groups in total. The Morgan fingerprint density at radius 3 is 2.41 bits per heavy atom. The van der Waals surface area contributed by atoms with E-state index in [2.05, 4.69) is 4.18 Å². The van der Waals surface area contributed by atoms with Gasteiger partial charge in [0.25, 0.3) is 5.91 Å². The molecule has 11 heteroatoms. The fourth-order valence-electron chi connectivity index (χ4n) is 2.00. The molecular weight excluding hydrogens is 361 g/mol. The molecule has 1 aromatic rings. The van der Waals surface area contributed by atoms with E-state index in [9.17, 15) is 22.3 Å². The van der Waals surface area contributed by atoms with Crippen molar-refractivity contribution in [2.75, 3.05) is 13.2 Å². The summed E-state index contributed by atoms with van der Waals surface area (Å²) in [5.41, 5.74) is 0.256. The summed E-state index contributed by atoms with van der Waals surface area (Å²) in [6.45, 7) is -0.197. The average molecular weight is 377 g/mol. The number of nitrogens with zero attached hydrogens (tertiary/aromatic N) is 1. The normalized spacial score (nSPS) is 17.8. The molecule has 22 heavy (non-hydrogen) atoms. The van der Waals surface area contributed by atoms with Gasteiger partial charge in [0, 0.05) is 6.54 Å². The topological polar surface area (TPSA) is 124 Å². The van der Waals surface area contributed by atoms with E-state index >= 15 is 0 Å². The Kier molecular flexibility index (Phi) is 7.48. The fourth-order valence-corrected chi connectivity index (χ4v) is 3.99. The summed E-state index contributed by atoms with van der Waals surface area (Å²) < 4.78 is 54.5. The summed E-state index contributed by atoms with van der Waals surface area (Å²) in [6, 6.07) is 6.26. The molecule has 0 unspecified atom stereocenters. The number of benzene rings is 1. The number of carbonyl (C=O) groups excluding carboxylic acids is 1. The molecule has 0 fully saturated rings. The number of hydrogen-bond acceptors (Lipinski definition) is 6. The zero-order valence-corrected chi connectivity index (χ0v) is 12.5. The van der Waals surface area contributed by atoms with Crippen LogP contribution in [-0.4, -0.2) is 96.8 Å².